The monoisotopic (exact) mass is 228 g/mol. The Balaban J connectivity index is 2.58. The first kappa shape index (κ1) is 13.5. The summed E-state index contributed by atoms with van der Waals surface area (Å²) in [6.45, 7) is 6.41. The Hall–Kier alpha value is -0.610. The number of nitrogens with zero attached hydrogens (tertiary/aromatic N) is 1. The zero-order chi connectivity index (χ0) is 12.2. The molecule has 1 aliphatic carbocycles. The first-order valence-corrected chi connectivity index (χ1v) is 6.29. The SMILES string of the molecule is CCCN(CCC)C1CCC(N)(C(=O)O)C1. The molecule has 1 saturated carbocycles. The summed E-state index contributed by atoms with van der Waals surface area (Å²) in [5.74, 6) is -0.844. The molecule has 0 heterocycles. The van der Waals surface area contributed by atoms with Crippen molar-refractivity contribution in [1.82, 2.24) is 4.90 Å². The topological polar surface area (TPSA) is 66.6 Å². The second kappa shape index (κ2) is 5.64. The summed E-state index contributed by atoms with van der Waals surface area (Å²) >= 11 is 0. The van der Waals surface area contributed by atoms with Gasteiger partial charge < -0.3 is 15.7 Å². The second-order valence-corrected chi connectivity index (χ2v) is 4.89. The first-order valence-electron chi connectivity index (χ1n) is 6.29. The van der Waals surface area contributed by atoms with Crippen molar-refractivity contribution in [2.45, 2.75) is 57.5 Å². The highest BCUT2D eigenvalue weighted by Crippen LogP contribution is 2.31. The molecular formula is C12H24N2O2. The van der Waals surface area contributed by atoms with Crippen molar-refractivity contribution >= 4 is 5.97 Å². The molecular weight excluding hydrogens is 204 g/mol. The zero-order valence-electron chi connectivity index (χ0n) is 10.4. The quantitative estimate of drug-likeness (QED) is 0.722. The molecule has 4 nitrogen and oxygen atoms in total. The fourth-order valence-electron chi connectivity index (χ4n) is 2.61. The van der Waals surface area contributed by atoms with Gasteiger partial charge >= 0.3 is 5.97 Å². The lowest BCUT2D eigenvalue weighted by Gasteiger charge is -2.29. The molecule has 2 atom stereocenters. The first-order chi connectivity index (χ1) is 7.53. The zero-order valence-corrected chi connectivity index (χ0v) is 10.4. The molecule has 1 aliphatic rings. The molecule has 0 spiro atoms. The number of rotatable bonds is 6. The van der Waals surface area contributed by atoms with Gasteiger partial charge in [0.25, 0.3) is 0 Å². The van der Waals surface area contributed by atoms with Crippen LogP contribution in [0.25, 0.3) is 0 Å². The van der Waals surface area contributed by atoms with Gasteiger partial charge in [0.15, 0.2) is 0 Å². The highest BCUT2D eigenvalue weighted by atomic mass is 16.4. The lowest BCUT2D eigenvalue weighted by molar-refractivity contribution is -0.143. The van der Waals surface area contributed by atoms with Crippen LogP contribution in [0.4, 0.5) is 0 Å². The number of carboxylic acid groups (broad SMARTS) is 1. The minimum atomic E-state index is -0.982. The average Bonchev–Trinajstić information content (AvgIpc) is 2.62. The van der Waals surface area contributed by atoms with E-state index in [1.165, 1.54) is 0 Å². The van der Waals surface area contributed by atoms with E-state index in [1.54, 1.807) is 0 Å². The third-order valence-electron chi connectivity index (χ3n) is 3.49. The van der Waals surface area contributed by atoms with Crippen LogP contribution in [0.3, 0.4) is 0 Å². The van der Waals surface area contributed by atoms with Crippen LogP contribution in [0.15, 0.2) is 0 Å². The van der Waals surface area contributed by atoms with Crippen molar-refractivity contribution in [2.24, 2.45) is 5.73 Å². The van der Waals surface area contributed by atoms with Crippen molar-refractivity contribution in [2.75, 3.05) is 13.1 Å². The van der Waals surface area contributed by atoms with Gasteiger partial charge in [-0.3, -0.25) is 4.79 Å². The number of carboxylic acids is 1. The van der Waals surface area contributed by atoms with Crippen molar-refractivity contribution in [1.29, 1.82) is 0 Å². The van der Waals surface area contributed by atoms with Gasteiger partial charge in [-0.15, -0.1) is 0 Å². The highest BCUT2D eigenvalue weighted by molar-refractivity contribution is 5.79. The highest BCUT2D eigenvalue weighted by Gasteiger charge is 2.43. The standard InChI is InChI=1S/C12H24N2O2/c1-3-7-14(8-4-2)10-5-6-12(13,9-10)11(15)16/h10H,3-9,13H2,1-2H3,(H,15,16). The lowest BCUT2D eigenvalue weighted by Crippen LogP contribution is -2.47. The van der Waals surface area contributed by atoms with Crippen LogP contribution in [-0.2, 0) is 4.79 Å². The minimum Gasteiger partial charge on any atom is -0.480 e. The fourth-order valence-corrected chi connectivity index (χ4v) is 2.61. The fraction of sp³-hybridized carbons (Fsp3) is 0.917. The maximum atomic E-state index is 11.1. The minimum absolute atomic E-state index is 0.362. The summed E-state index contributed by atoms with van der Waals surface area (Å²) in [6.07, 6.45) is 4.35. The lowest BCUT2D eigenvalue weighted by atomic mass is 9.99. The number of hydrogen-bond acceptors (Lipinski definition) is 3. The van der Waals surface area contributed by atoms with Crippen LogP contribution < -0.4 is 5.73 Å². The summed E-state index contributed by atoms with van der Waals surface area (Å²) in [7, 11) is 0. The molecule has 1 fully saturated rings. The molecule has 2 unspecified atom stereocenters. The van der Waals surface area contributed by atoms with E-state index in [4.69, 9.17) is 10.8 Å². The second-order valence-electron chi connectivity index (χ2n) is 4.89. The molecule has 16 heavy (non-hydrogen) atoms. The molecule has 0 radical (unpaired) electrons. The molecule has 0 bridgehead atoms. The van der Waals surface area contributed by atoms with E-state index in [0.717, 1.165) is 32.4 Å². The van der Waals surface area contributed by atoms with E-state index < -0.39 is 11.5 Å². The van der Waals surface area contributed by atoms with Gasteiger partial charge in [0.1, 0.15) is 5.54 Å². The van der Waals surface area contributed by atoms with E-state index in [9.17, 15) is 4.79 Å². The third-order valence-corrected chi connectivity index (χ3v) is 3.49. The Kier molecular flexibility index (Phi) is 4.74. The van der Waals surface area contributed by atoms with Crippen LogP contribution in [0.2, 0.25) is 0 Å². The molecule has 0 saturated heterocycles. The van der Waals surface area contributed by atoms with Crippen molar-refractivity contribution < 1.29 is 9.90 Å². The molecule has 4 heteroatoms. The van der Waals surface area contributed by atoms with Gasteiger partial charge in [0.2, 0.25) is 0 Å². The van der Waals surface area contributed by atoms with Gasteiger partial charge in [0, 0.05) is 6.04 Å². The summed E-state index contributed by atoms with van der Waals surface area (Å²) in [5, 5.41) is 9.09. The number of carbonyl (C=O) groups is 1. The molecule has 0 aromatic carbocycles. The summed E-state index contributed by atoms with van der Waals surface area (Å²) < 4.78 is 0. The van der Waals surface area contributed by atoms with Crippen LogP contribution in [0.1, 0.15) is 46.0 Å². The maximum absolute atomic E-state index is 11.1. The van der Waals surface area contributed by atoms with Crippen molar-refractivity contribution in [3.8, 4) is 0 Å². The van der Waals surface area contributed by atoms with Gasteiger partial charge in [-0.05, 0) is 45.2 Å². The van der Waals surface area contributed by atoms with E-state index in [0.29, 0.717) is 18.9 Å². The van der Waals surface area contributed by atoms with Crippen LogP contribution in [-0.4, -0.2) is 40.6 Å². The Morgan fingerprint density at radius 2 is 2.00 bits per heavy atom. The molecule has 1 rings (SSSR count). The molecule has 0 aromatic heterocycles. The van der Waals surface area contributed by atoms with Gasteiger partial charge in [-0.25, -0.2) is 0 Å². The van der Waals surface area contributed by atoms with Gasteiger partial charge in [-0.1, -0.05) is 13.8 Å². The summed E-state index contributed by atoms with van der Waals surface area (Å²) in [5.41, 5.74) is 4.91. The molecule has 0 aromatic rings. The van der Waals surface area contributed by atoms with E-state index in [1.807, 2.05) is 0 Å². The molecule has 94 valence electrons. The van der Waals surface area contributed by atoms with E-state index in [-0.39, 0.29) is 0 Å². The third kappa shape index (κ3) is 2.95. The predicted octanol–water partition coefficient (Wildman–Crippen LogP) is 1.44. The Morgan fingerprint density at radius 1 is 1.44 bits per heavy atom. The van der Waals surface area contributed by atoms with Crippen LogP contribution >= 0.6 is 0 Å². The number of nitrogens with two attached hydrogens (primary N) is 1. The summed E-state index contributed by atoms with van der Waals surface area (Å²) in [6, 6.07) is 0.362. The predicted molar refractivity (Wildman–Crippen MR) is 64.3 cm³/mol. The normalized spacial score (nSPS) is 29.9. The summed E-state index contributed by atoms with van der Waals surface area (Å²) in [4.78, 5) is 13.5. The Morgan fingerprint density at radius 3 is 2.38 bits per heavy atom. The maximum Gasteiger partial charge on any atom is 0.323 e. The van der Waals surface area contributed by atoms with Crippen molar-refractivity contribution in [3.05, 3.63) is 0 Å². The number of hydrogen-bond donors (Lipinski definition) is 2. The van der Waals surface area contributed by atoms with Gasteiger partial charge in [-0.2, -0.15) is 0 Å². The molecule has 3 N–H and O–H groups in total. The Bertz CT molecular complexity index is 239. The van der Waals surface area contributed by atoms with Crippen LogP contribution in [0, 0.1) is 0 Å². The smallest absolute Gasteiger partial charge is 0.323 e. The van der Waals surface area contributed by atoms with E-state index >= 15 is 0 Å². The molecule has 0 amide bonds. The Labute approximate surface area is 97.8 Å². The van der Waals surface area contributed by atoms with Crippen molar-refractivity contribution in [3.63, 3.8) is 0 Å². The van der Waals surface area contributed by atoms with Crippen LogP contribution in [0.5, 0.6) is 0 Å². The molecule has 0 aliphatic heterocycles. The van der Waals surface area contributed by atoms with E-state index in [2.05, 4.69) is 18.7 Å². The number of aliphatic carboxylic acids is 1. The average molecular weight is 228 g/mol. The largest absolute Gasteiger partial charge is 0.480 e. The van der Waals surface area contributed by atoms with Gasteiger partial charge in [0.05, 0.1) is 0 Å².